The highest BCUT2D eigenvalue weighted by Gasteiger charge is 2.26. The molecule has 0 N–H and O–H groups in total. The Morgan fingerprint density at radius 2 is 2.21 bits per heavy atom. The van der Waals surface area contributed by atoms with Crippen LogP contribution in [0, 0.1) is 0 Å². The van der Waals surface area contributed by atoms with Gasteiger partial charge in [-0.05, 0) is 5.56 Å². The smallest absolute Gasteiger partial charge is 0.233 e. The lowest BCUT2D eigenvalue weighted by atomic mass is 9.95. The SMILES string of the molecule is COC1ON=[C]CC1c1ccccc1. The lowest BCUT2D eigenvalue weighted by Crippen LogP contribution is -2.26. The number of benzene rings is 1. The maximum absolute atomic E-state index is 5.20. The Balaban J connectivity index is 2.20. The third-order valence-corrected chi connectivity index (χ3v) is 2.32. The van der Waals surface area contributed by atoms with Gasteiger partial charge in [-0.25, -0.2) is 0 Å². The topological polar surface area (TPSA) is 30.8 Å². The molecule has 0 spiro atoms. The van der Waals surface area contributed by atoms with Gasteiger partial charge >= 0.3 is 0 Å². The number of rotatable bonds is 2. The molecule has 1 aromatic rings. The standard InChI is InChI=1S/C11H12NO2/c1-13-11-10(7-8-12-14-11)9-5-3-2-4-6-9/h2-6,10-11H,7H2,1H3. The van der Waals surface area contributed by atoms with Gasteiger partial charge in [0.1, 0.15) is 6.21 Å². The number of ether oxygens (including phenoxy) is 1. The summed E-state index contributed by atoms with van der Waals surface area (Å²) in [4.78, 5) is 5.09. The summed E-state index contributed by atoms with van der Waals surface area (Å²) in [5.74, 6) is 0.193. The highest BCUT2D eigenvalue weighted by molar-refractivity contribution is 5.59. The van der Waals surface area contributed by atoms with Crippen LogP contribution in [-0.2, 0) is 9.57 Å². The van der Waals surface area contributed by atoms with E-state index in [0.29, 0.717) is 0 Å². The van der Waals surface area contributed by atoms with Crippen LogP contribution >= 0.6 is 0 Å². The number of methoxy groups -OCH3 is 1. The summed E-state index contributed by atoms with van der Waals surface area (Å²) < 4.78 is 5.20. The van der Waals surface area contributed by atoms with E-state index in [1.807, 2.05) is 18.2 Å². The molecular formula is C11H12NO2. The Morgan fingerprint density at radius 1 is 1.43 bits per heavy atom. The van der Waals surface area contributed by atoms with E-state index in [0.717, 1.165) is 6.42 Å². The first-order chi connectivity index (χ1) is 6.92. The molecule has 0 saturated heterocycles. The molecule has 1 aliphatic rings. The Morgan fingerprint density at radius 3 is 2.93 bits per heavy atom. The van der Waals surface area contributed by atoms with E-state index in [4.69, 9.17) is 9.57 Å². The monoisotopic (exact) mass is 190 g/mol. The highest BCUT2D eigenvalue weighted by atomic mass is 16.8. The van der Waals surface area contributed by atoms with E-state index < -0.39 is 0 Å². The molecule has 14 heavy (non-hydrogen) atoms. The van der Waals surface area contributed by atoms with Crippen LogP contribution in [0.15, 0.2) is 35.5 Å². The van der Waals surface area contributed by atoms with Crippen molar-refractivity contribution < 1.29 is 9.57 Å². The van der Waals surface area contributed by atoms with Gasteiger partial charge in [0.15, 0.2) is 0 Å². The Hall–Kier alpha value is -1.35. The van der Waals surface area contributed by atoms with E-state index >= 15 is 0 Å². The van der Waals surface area contributed by atoms with E-state index in [-0.39, 0.29) is 12.2 Å². The molecule has 1 heterocycles. The molecule has 2 atom stereocenters. The molecule has 1 aliphatic heterocycles. The molecule has 0 saturated carbocycles. The van der Waals surface area contributed by atoms with Crippen molar-refractivity contribution in [2.75, 3.05) is 7.11 Å². The molecule has 0 bridgehead atoms. The van der Waals surface area contributed by atoms with Crippen molar-refractivity contribution >= 4 is 6.21 Å². The largest absolute Gasteiger partial charge is 0.363 e. The summed E-state index contributed by atoms with van der Waals surface area (Å²) in [6.45, 7) is 0. The van der Waals surface area contributed by atoms with Crippen molar-refractivity contribution in [3.8, 4) is 0 Å². The molecule has 0 fully saturated rings. The summed E-state index contributed by atoms with van der Waals surface area (Å²) in [6.07, 6.45) is 3.27. The average molecular weight is 190 g/mol. The van der Waals surface area contributed by atoms with Crippen LogP contribution in [0.3, 0.4) is 0 Å². The molecule has 2 rings (SSSR count). The summed E-state index contributed by atoms with van der Waals surface area (Å²) >= 11 is 0. The van der Waals surface area contributed by atoms with Crippen molar-refractivity contribution in [1.82, 2.24) is 0 Å². The Labute approximate surface area is 83.3 Å². The van der Waals surface area contributed by atoms with Gasteiger partial charge in [-0.15, -0.1) is 0 Å². The van der Waals surface area contributed by atoms with Gasteiger partial charge in [0, 0.05) is 13.5 Å². The molecule has 3 nitrogen and oxygen atoms in total. The van der Waals surface area contributed by atoms with Crippen LogP contribution in [0.5, 0.6) is 0 Å². The molecule has 3 heteroatoms. The summed E-state index contributed by atoms with van der Waals surface area (Å²) in [5, 5.41) is 3.63. The van der Waals surface area contributed by atoms with Crippen molar-refractivity contribution in [2.45, 2.75) is 18.6 Å². The fraction of sp³-hybridized carbons (Fsp3) is 0.364. The van der Waals surface area contributed by atoms with Crippen LogP contribution in [0.25, 0.3) is 0 Å². The molecule has 1 radical (unpaired) electrons. The van der Waals surface area contributed by atoms with Crippen LogP contribution in [0.2, 0.25) is 0 Å². The van der Waals surface area contributed by atoms with Crippen molar-refractivity contribution in [2.24, 2.45) is 5.16 Å². The van der Waals surface area contributed by atoms with E-state index in [1.165, 1.54) is 5.56 Å². The second-order valence-corrected chi connectivity index (χ2v) is 3.18. The van der Waals surface area contributed by atoms with Crippen LogP contribution in [-0.4, -0.2) is 19.6 Å². The van der Waals surface area contributed by atoms with Crippen LogP contribution in [0.4, 0.5) is 0 Å². The predicted octanol–water partition coefficient (Wildman–Crippen LogP) is 2.03. The number of hydrogen-bond acceptors (Lipinski definition) is 3. The van der Waals surface area contributed by atoms with E-state index in [9.17, 15) is 0 Å². The van der Waals surface area contributed by atoms with Gasteiger partial charge in [0.25, 0.3) is 0 Å². The van der Waals surface area contributed by atoms with Crippen molar-refractivity contribution in [1.29, 1.82) is 0 Å². The molecular weight excluding hydrogens is 178 g/mol. The predicted molar refractivity (Wildman–Crippen MR) is 53.1 cm³/mol. The lowest BCUT2D eigenvalue weighted by molar-refractivity contribution is -0.142. The van der Waals surface area contributed by atoms with Gasteiger partial charge in [0.2, 0.25) is 6.29 Å². The summed E-state index contributed by atoms with van der Waals surface area (Å²) in [6, 6.07) is 10.1. The minimum atomic E-state index is -0.293. The van der Waals surface area contributed by atoms with Gasteiger partial charge in [-0.3, -0.25) is 0 Å². The molecule has 0 aliphatic carbocycles. The zero-order valence-electron chi connectivity index (χ0n) is 8.01. The quantitative estimate of drug-likeness (QED) is 0.714. The maximum atomic E-state index is 5.20. The van der Waals surface area contributed by atoms with Crippen LogP contribution < -0.4 is 0 Å². The minimum absolute atomic E-state index is 0.193. The molecule has 73 valence electrons. The fourth-order valence-corrected chi connectivity index (χ4v) is 1.58. The third kappa shape index (κ3) is 1.77. The zero-order valence-corrected chi connectivity index (χ0v) is 8.01. The maximum Gasteiger partial charge on any atom is 0.233 e. The molecule has 0 aromatic heterocycles. The average Bonchev–Trinajstić information content (AvgIpc) is 2.30. The first kappa shape index (κ1) is 9.21. The Kier molecular flexibility index (Phi) is 2.79. The summed E-state index contributed by atoms with van der Waals surface area (Å²) in [7, 11) is 1.63. The van der Waals surface area contributed by atoms with Gasteiger partial charge in [-0.1, -0.05) is 35.5 Å². The number of nitrogens with zero attached hydrogens (tertiary/aromatic N) is 1. The Bertz CT molecular complexity index is 310. The number of hydrogen-bond donors (Lipinski definition) is 0. The summed E-state index contributed by atoms with van der Waals surface area (Å²) in [5.41, 5.74) is 1.20. The van der Waals surface area contributed by atoms with Crippen molar-refractivity contribution in [3.05, 3.63) is 35.9 Å². The van der Waals surface area contributed by atoms with E-state index in [1.54, 1.807) is 7.11 Å². The highest BCUT2D eigenvalue weighted by Crippen LogP contribution is 2.27. The molecule has 2 unspecified atom stereocenters. The first-order valence-electron chi connectivity index (χ1n) is 4.58. The second kappa shape index (κ2) is 4.24. The fourth-order valence-electron chi connectivity index (χ4n) is 1.58. The lowest BCUT2D eigenvalue weighted by Gasteiger charge is -2.25. The third-order valence-electron chi connectivity index (χ3n) is 2.32. The van der Waals surface area contributed by atoms with Gasteiger partial charge < -0.3 is 9.57 Å². The van der Waals surface area contributed by atoms with Gasteiger partial charge in [0.05, 0.1) is 5.92 Å². The van der Waals surface area contributed by atoms with Crippen molar-refractivity contribution in [3.63, 3.8) is 0 Å². The first-order valence-corrected chi connectivity index (χ1v) is 4.58. The van der Waals surface area contributed by atoms with Gasteiger partial charge in [-0.2, -0.15) is 0 Å². The minimum Gasteiger partial charge on any atom is -0.363 e. The van der Waals surface area contributed by atoms with Crippen LogP contribution in [0.1, 0.15) is 17.9 Å². The normalized spacial score (nSPS) is 25.8. The molecule has 1 aromatic carbocycles. The molecule has 0 amide bonds. The zero-order chi connectivity index (χ0) is 9.80. The second-order valence-electron chi connectivity index (χ2n) is 3.18. The van der Waals surface area contributed by atoms with E-state index in [2.05, 4.69) is 23.5 Å².